The van der Waals surface area contributed by atoms with Gasteiger partial charge in [0.1, 0.15) is 5.69 Å². The highest BCUT2D eigenvalue weighted by Crippen LogP contribution is 2.27. The Bertz CT molecular complexity index is 865. The summed E-state index contributed by atoms with van der Waals surface area (Å²) in [6, 6.07) is 7.59. The zero-order chi connectivity index (χ0) is 21.5. The largest absolute Gasteiger partial charge is 0.382 e. The maximum absolute atomic E-state index is 12.2. The van der Waals surface area contributed by atoms with Gasteiger partial charge in [0.15, 0.2) is 5.82 Å². The summed E-state index contributed by atoms with van der Waals surface area (Å²) in [6.07, 6.45) is 4.79. The van der Waals surface area contributed by atoms with Crippen molar-refractivity contribution in [3.05, 3.63) is 35.5 Å². The molecule has 1 saturated heterocycles. The number of nitrogens with two attached hydrogens (primary N) is 2. The molecule has 1 aromatic heterocycles. The lowest BCUT2D eigenvalue weighted by Crippen LogP contribution is -2.47. The summed E-state index contributed by atoms with van der Waals surface area (Å²) in [7, 11) is 0. The Hall–Kier alpha value is -3.36. The number of hydrogen-bond acceptors (Lipinski definition) is 8. The first-order valence-electron chi connectivity index (χ1n) is 10.3. The van der Waals surface area contributed by atoms with E-state index in [0.29, 0.717) is 11.4 Å². The van der Waals surface area contributed by atoms with Gasteiger partial charge in [0, 0.05) is 43.6 Å². The fourth-order valence-corrected chi connectivity index (χ4v) is 3.54. The number of unbranched alkanes of at least 4 members (excludes halogenated alkanes) is 2. The van der Waals surface area contributed by atoms with E-state index >= 15 is 0 Å². The summed E-state index contributed by atoms with van der Waals surface area (Å²) in [5.74, 6) is 0.415. The van der Waals surface area contributed by atoms with Crippen LogP contribution in [0.4, 0.5) is 23.1 Å². The van der Waals surface area contributed by atoms with Gasteiger partial charge in [-0.25, -0.2) is 10.4 Å². The molecule has 0 saturated carbocycles. The molecule has 0 aliphatic carbocycles. The molecule has 30 heavy (non-hydrogen) atoms. The third-order valence-corrected chi connectivity index (χ3v) is 5.14. The van der Waals surface area contributed by atoms with Crippen molar-refractivity contribution in [3.8, 4) is 0 Å². The Labute approximate surface area is 177 Å². The first-order valence-corrected chi connectivity index (χ1v) is 10.3. The molecule has 0 radical (unpaired) electrons. The van der Waals surface area contributed by atoms with Crippen molar-refractivity contribution in [1.29, 1.82) is 0 Å². The van der Waals surface area contributed by atoms with E-state index in [0.717, 1.165) is 62.5 Å². The smallest absolute Gasteiger partial charge is 0.271 e. The molecule has 1 aromatic carbocycles. The monoisotopic (exact) mass is 410 g/mol. The van der Waals surface area contributed by atoms with Crippen LogP contribution in [-0.4, -0.2) is 48.3 Å². The van der Waals surface area contributed by atoms with Gasteiger partial charge in [-0.3, -0.25) is 4.79 Å². The predicted octanol–water partition coefficient (Wildman–Crippen LogP) is 2.18. The summed E-state index contributed by atoms with van der Waals surface area (Å²) >= 11 is 0. The average Bonchev–Trinajstić information content (AvgIpc) is 2.73. The van der Waals surface area contributed by atoms with E-state index in [1.54, 1.807) is 6.21 Å². The van der Waals surface area contributed by atoms with Crippen LogP contribution < -0.4 is 26.7 Å². The SMILES string of the molecule is CCCC/C=N/NC(=O)c1ccc(N2CCN(c3c(C)nc(N)nc3N)CC2)cc1. The van der Waals surface area contributed by atoms with Gasteiger partial charge in [-0.05, 0) is 44.0 Å². The van der Waals surface area contributed by atoms with Crippen molar-refractivity contribution in [3.63, 3.8) is 0 Å². The number of nitrogen functional groups attached to an aromatic ring is 2. The number of amides is 1. The molecule has 160 valence electrons. The highest BCUT2D eigenvalue weighted by Gasteiger charge is 2.22. The molecule has 2 aromatic rings. The summed E-state index contributed by atoms with van der Waals surface area (Å²) in [5.41, 5.74) is 17.6. The molecule has 0 atom stereocenters. The summed E-state index contributed by atoms with van der Waals surface area (Å²) in [5, 5.41) is 3.99. The molecule has 1 aliphatic rings. The second kappa shape index (κ2) is 9.91. The highest BCUT2D eigenvalue weighted by molar-refractivity contribution is 5.94. The van der Waals surface area contributed by atoms with E-state index in [4.69, 9.17) is 11.5 Å². The molecule has 1 fully saturated rings. The molecule has 0 spiro atoms. The number of anilines is 4. The van der Waals surface area contributed by atoms with Crippen LogP contribution >= 0.6 is 0 Å². The number of carbonyl (C=O) groups is 1. The maximum atomic E-state index is 12.2. The molecular weight excluding hydrogens is 380 g/mol. The molecule has 1 aliphatic heterocycles. The molecule has 5 N–H and O–H groups in total. The molecule has 3 rings (SSSR count). The molecule has 2 heterocycles. The third-order valence-electron chi connectivity index (χ3n) is 5.14. The van der Waals surface area contributed by atoms with Crippen molar-refractivity contribution in [2.24, 2.45) is 5.10 Å². The van der Waals surface area contributed by atoms with Crippen molar-refractivity contribution < 1.29 is 4.79 Å². The van der Waals surface area contributed by atoms with Crippen LogP contribution in [0.15, 0.2) is 29.4 Å². The van der Waals surface area contributed by atoms with Gasteiger partial charge >= 0.3 is 0 Å². The van der Waals surface area contributed by atoms with Gasteiger partial charge in [-0.2, -0.15) is 10.1 Å². The second-order valence-corrected chi connectivity index (χ2v) is 7.32. The first-order chi connectivity index (χ1) is 14.5. The number of nitrogens with zero attached hydrogens (tertiary/aromatic N) is 5. The fraction of sp³-hybridized carbons (Fsp3) is 0.429. The van der Waals surface area contributed by atoms with Crippen LogP contribution in [0.3, 0.4) is 0 Å². The van der Waals surface area contributed by atoms with E-state index in [9.17, 15) is 4.79 Å². The fourth-order valence-electron chi connectivity index (χ4n) is 3.54. The van der Waals surface area contributed by atoms with Crippen molar-refractivity contribution >= 4 is 35.3 Å². The molecule has 9 heteroatoms. The molecular formula is C21H30N8O. The Kier molecular flexibility index (Phi) is 7.05. The zero-order valence-electron chi connectivity index (χ0n) is 17.6. The lowest BCUT2D eigenvalue weighted by atomic mass is 10.1. The quantitative estimate of drug-likeness (QED) is 0.363. The third kappa shape index (κ3) is 5.16. The molecule has 9 nitrogen and oxygen atoms in total. The van der Waals surface area contributed by atoms with Crippen molar-refractivity contribution in [1.82, 2.24) is 15.4 Å². The van der Waals surface area contributed by atoms with Gasteiger partial charge in [0.05, 0.1) is 5.69 Å². The number of piperazine rings is 1. The molecule has 0 unspecified atom stereocenters. The van der Waals surface area contributed by atoms with E-state index in [-0.39, 0.29) is 11.9 Å². The predicted molar refractivity (Wildman–Crippen MR) is 122 cm³/mol. The standard InChI is InChI=1S/C21H30N8O/c1-3-4-5-10-24-27-20(30)16-6-8-17(9-7-16)28-11-13-29(14-12-28)18-15(2)25-21(23)26-19(18)22/h6-10H,3-5,11-14H2,1-2H3,(H,27,30)(H4,22,23,25,26)/b24-10+. The highest BCUT2D eigenvalue weighted by atomic mass is 16.2. The summed E-state index contributed by atoms with van der Waals surface area (Å²) in [6.45, 7) is 7.28. The minimum Gasteiger partial charge on any atom is -0.382 e. The van der Waals surface area contributed by atoms with Gasteiger partial charge in [0.25, 0.3) is 5.91 Å². The number of benzene rings is 1. The van der Waals surface area contributed by atoms with Gasteiger partial charge < -0.3 is 21.3 Å². The average molecular weight is 411 g/mol. The number of carbonyl (C=O) groups excluding carboxylic acids is 1. The number of rotatable bonds is 7. The second-order valence-electron chi connectivity index (χ2n) is 7.32. The van der Waals surface area contributed by atoms with Crippen LogP contribution in [0.1, 0.15) is 42.2 Å². The number of hydrogen-bond donors (Lipinski definition) is 3. The Morgan fingerprint density at radius 2 is 1.80 bits per heavy atom. The molecule has 1 amide bonds. The van der Waals surface area contributed by atoms with Crippen LogP contribution in [0.5, 0.6) is 0 Å². The Morgan fingerprint density at radius 1 is 1.13 bits per heavy atom. The van der Waals surface area contributed by atoms with Crippen LogP contribution in [0.25, 0.3) is 0 Å². The van der Waals surface area contributed by atoms with E-state index in [2.05, 4.69) is 37.2 Å². The minimum absolute atomic E-state index is 0.197. The first kappa shape index (κ1) is 21.4. The molecule has 0 bridgehead atoms. The van der Waals surface area contributed by atoms with E-state index < -0.39 is 0 Å². The van der Waals surface area contributed by atoms with Gasteiger partial charge in [0.2, 0.25) is 5.95 Å². The lowest BCUT2D eigenvalue weighted by molar-refractivity contribution is 0.0955. The van der Waals surface area contributed by atoms with Gasteiger partial charge in [-0.15, -0.1) is 0 Å². The summed E-state index contributed by atoms with van der Waals surface area (Å²) in [4.78, 5) is 25.0. The number of hydrazone groups is 1. The van der Waals surface area contributed by atoms with Crippen LogP contribution in [-0.2, 0) is 0 Å². The van der Waals surface area contributed by atoms with Crippen molar-refractivity contribution in [2.75, 3.05) is 47.4 Å². The lowest BCUT2D eigenvalue weighted by Gasteiger charge is -2.38. The van der Waals surface area contributed by atoms with E-state index in [1.165, 1.54) is 0 Å². The topological polar surface area (TPSA) is 126 Å². The van der Waals surface area contributed by atoms with Crippen LogP contribution in [0.2, 0.25) is 0 Å². The summed E-state index contributed by atoms with van der Waals surface area (Å²) < 4.78 is 0. The number of nitrogens with one attached hydrogen (secondary N) is 1. The Balaban J connectivity index is 1.56. The van der Waals surface area contributed by atoms with Crippen molar-refractivity contribution in [2.45, 2.75) is 33.1 Å². The zero-order valence-corrected chi connectivity index (χ0v) is 17.6. The normalized spacial score (nSPS) is 14.3. The number of aryl methyl sites for hydroxylation is 1. The number of aromatic nitrogens is 2. The Morgan fingerprint density at radius 3 is 2.43 bits per heavy atom. The van der Waals surface area contributed by atoms with Gasteiger partial charge in [-0.1, -0.05) is 13.3 Å². The van der Waals surface area contributed by atoms with Crippen LogP contribution in [0, 0.1) is 6.92 Å². The maximum Gasteiger partial charge on any atom is 0.271 e. The van der Waals surface area contributed by atoms with E-state index in [1.807, 2.05) is 31.2 Å². The minimum atomic E-state index is -0.201.